The van der Waals surface area contributed by atoms with E-state index in [1.807, 2.05) is 18.2 Å². The van der Waals surface area contributed by atoms with E-state index in [1.165, 1.54) is 0 Å². The third kappa shape index (κ3) is 2.42. The van der Waals surface area contributed by atoms with E-state index in [1.54, 1.807) is 0 Å². The standard InChI is InChI=1S/C10H8BrClN2O2/c11-6-1-2-7-8(5-6)13-10(12)14-9(7)16-4-3-15/h1-2,5,15H,3-4H2. The van der Waals surface area contributed by atoms with Crippen LogP contribution >= 0.6 is 27.5 Å². The fourth-order valence-electron chi connectivity index (χ4n) is 1.30. The minimum Gasteiger partial charge on any atom is -0.475 e. The lowest BCUT2D eigenvalue weighted by Gasteiger charge is -2.07. The molecule has 84 valence electrons. The van der Waals surface area contributed by atoms with Gasteiger partial charge in [-0.1, -0.05) is 15.9 Å². The van der Waals surface area contributed by atoms with Crippen LogP contribution < -0.4 is 4.74 Å². The van der Waals surface area contributed by atoms with Crippen molar-refractivity contribution >= 4 is 38.4 Å². The van der Waals surface area contributed by atoms with Crippen LogP contribution in [0.15, 0.2) is 22.7 Å². The first kappa shape index (κ1) is 11.6. The van der Waals surface area contributed by atoms with Gasteiger partial charge in [-0.2, -0.15) is 4.98 Å². The predicted molar refractivity (Wildman–Crippen MR) is 64.8 cm³/mol. The zero-order valence-electron chi connectivity index (χ0n) is 8.15. The van der Waals surface area contributed by atoms with Crippen molar-refractivity contribution in [2.45, 2.75) is 0 Å². The number of ether oxygens (including phenoxy) is 1. The molecule has 1 aromatic heterocycles. The maximum atomic E-state index is 8.70. The fourth-order valence-corrected chi connectivity index (χ4v) is 1.82. The second kappa shape index (κ2) is 4.95. The van der Waals surface area contributed by atoms with E-state index in [9.17, 15) is 0 Å². The Morgan fingerprint density at radius 2 is 2.19 bits per heavy atom. The van der Waals surface area contributed by atoms with Crippen molar-refractivity contribution in [3.05, 3.63) is 28.0 Å². The molecule has 0 spiro atoms. The van der Waals surface area contributed by atoms with Crippen molar-refractivity contribution < 1.29 is 9.84 Å². The highest BCUT2D eigenvalue weighted by Crippen LogP contribution is 2.26. The maximum Gasteiger partial charge on any atom is 0.226 e. The van der Waals surface area contributed by atoms with Gasteiger partial charge in [0.25, 0.3) is 0 Å². The van der Waals surface area contributed by atoms with Gasteiger partial charge in [-0.15, -0.1) is 0 Å². The predicted octanol–water partition coefficient (Wildman–Crippen LogP) is 2.42. The quantitative estimate of drug-likeness (QED) is 0.885. The van der Waals surface area contributed by atoms with Crippen molar-refractivity contribution in [3.8, 4) is 5.88 Å². The summed E-state index contributed by atoms with van der Waals surface area (Å²) < 4.78 is 6.19. The van der Waals surface area contributed by atoms with Gasteiger partial charge >= 0.3 is 0 Å². The number of fused-ring (bicyclic) bond motifs is 1. The largest absolute Gasteiger partial charge is 0.475 e. The van der Waals surface area contributed by atoms with Gasteiger partial charge < -0.3 is 9.84 Å². The summed E-state index contributed by atoms with van der Waals surface area (Å²) in [5.74, 6) is 0.386. The Bertz CT molecular complexity index is 516. The molecule has 0 aliphatic rings. The summed E-state index contributed by atoms with van der Waals surface area (Å²) in [6.07, 6.45) is 0. The molecule has 0 aliphatic heterocycles. The molecule has 1 aromatic carbocycles. The third-order valence-corrected chi connectivity index (χ3v) is 2.59. The van der Waals surface area contributed by atoms with Gasteiger partial charge in [0.2, 0.25) is 11.2 Å². The zero-order chi connectivity index (χ0) is 11.5. The van der Waals surface area contributed by atoms with Crippen LogP contribution in [0.5, 0.6) is 5.88 Å². The van der Waals surface area contributed by atoms with Gasteiger partial charge in [0.05, 0.1) is 17.5 Å². The van der Waals surface area contributed by atoms with E-state index in [0.29, 0.717) is 11.4 Å². The van der Waals surface area contributed by atoms with Crippen LogP contribution in [0, 0.1) is 0 Å². The molecular weight excluding hydrogens is 295 g/mol. The normalized spacial score (nSPS) is 10.7. The fraction of sp³-hybridized carbons (Fsp3) is 0.200. The number of hydrogen-bond acceptors (Lipinski definition) is 4. The third-order valence-electron chi connectivity index (χ3n) is 1.93. The number of rotatable bonds is 3. The molecule has 1 N–H and O–H groups in total. The van der Waals surface area contributed by atoms with E-state index in [2.05, 4.69) is 25.9 Å². The number of aromatic nitrogens is 2. The minimum atomic E-state index is -0.0698. The molecule has 0 fully saturated rings. The molecule has 4 nitrogen and oxygen atoms in total. The van der Waals surface area contributed by atoms with Crippen LogP contribution in [0.1, 0.15) is 0 Å². The molecule has 0 amide bonds. The van der Waals surface area contributed by atoms with Crippen LogP contribution in [-0.2, 0) is 0 Å². The molecule has 0 unspecified atom stereocenters. The van der Waals surface area contributed by atoms with Crippen LogP contribution in [-0.4, -0.2) is 28.3 Å². The first-order chi connectivity index (χ1) is 7.70. The molecule has 0 aliphatic carbocycles. The van der Waals surface area contributed by atoms with Gasteiger partial charge in [-0.05, 0) is 29.8 Å². The van der Waals surface area contributed by atoms with Crippen molar-refractivity contribution in [1.29, 1.82) is 0 Å². The Kier molecular flexibility index (Phi) is 3.58. The lowest BCUT2D eigenvalue weighted by atomic mass is 10.2. The number of aliphatic hydroxyl groups excluding tert-OH is 1. The van der Waals surface area contributed by atoms with Crippen molar-refractivity contribution in [2.24, 2.45) is 0 Å². The van der Waals surface area contributed by atoms with Gasteiger partial charge in [0, 0.05) is 4.47 Å². The van der Waals surface area contributed by atoms with Gasteiger partial charge in [-0.25, -0.2) is 4.98 Å². The summed E-state index contributed by atoms with van der Waals surface area (Å²) in [5.41, 5.74) is 0.697. The second-order valence-electron chi connectivity index (χ2n) is 3.03. The van der Waals surface area contributed by atoms with Crippen LogP contribution in [0.3, 0.4) is 0 Å². The Labute approximate surface area is 105 Å². The molecule has 0 radical (unpaired) electrons. The van der Waals surface area contributed by atoms with E-state index in [4.69, 9.17) is 21.4 Å². The van der Waals surface area contributed by atoms with Gasteiger partial charge in [-0.3, -0.25) is 0 Å². The summed E-state index contributed by atoms with van der Waals surface area (Å²) in [5, 5.41) is 9.59. The number of halogens is 2. The number of hydrogen-bond donors (Lipinski definition) is 1. The van der Waals surface area contributed by atoms with E-state index < -0.39 is 0 Å². The lowest BCUT2D eigenvalue weighted by Crippen LogP contribution is -2.04. The Balaban J connectivity index is 2.54. The maximum absolute atomic E-state index is 8.70. The van der Waals surface area contributed by atoms with Gasteiger partial charge in [0.15, 0.2) is 0 Å². The Morgan fingerprint density at radius 1 is 1.38 bits per heavy atom. The lowest BCUT2D eigenvalue weighted by molar-refractivity contribution is 0.198. The topological polar surface area (TPSA) is 55.2 Å². The number of aliphatic hydroxyl groups is 1. The molecule has 1 heterocycles. The molecule has 16 heavy (non-hydrogen) atoms. The first-order valence-electron chi connectivity index (χ1n) is 4.57. The molecule has 2 aromatic rings. The molecule has 0 saturated carbocycles. The smallest absolute Gasteiger partial charge is 0.226 e. The first-order valence-corrected chi connectivity index (χ1v) is 5.74. The summed E-state index contributed by atoms with van der Waals surface area (Å²) in [4.78, 5) is 8.06. The average Bonchev–Trinajstić information content (AvgIpc) is 2.25. The molecular formula is C10H8BrClN2O2. The van der Waals surface area contributed by atoms with Crippen molar-refractivity contribution in [2.75, 3.05) is 13.2 Å². The summed E-state index contributed by atoms with van der Waals surface area (Å²) >= 11 is 9.12. The number of nitrogens with zero attached hydrogens (tertiary/aromatic N) is 2. The van der Waals surface area contributed by atoms with Crippen molar-refractivity contribution in [3.63, 3.8) is 0 Å². The number of benzene rings is 1. The van der Waals surface area contributed by atoms with Gasteiger partial charge in [0.1, 0.15) is 6.61 Å². The zero-order valence-corrected chi connectivity index (χ0v) is 10.5. The highest BCUT2D eigenvalue weighted by molar-refractivity contribution is 9.10. The molecule has 6 heteroatoms. The van der Waals surface area contributed by atoms with Crippen LogP contribution in [0.2, 0.25) is 5.28 Å². The van der Waals surface area contributed by atoms with E-state index in [-0.39, 0.29) is 18.5 Å². The molecule has 0 atom stereocenters. The highest BCUT2D eigenvalue weighted by Gasteiger charge is 2.07. The van der Waals surface area contributed by atoms with E-state index >= 15 is 0 Å². The Morgan fingerprint density at radius 3 is 2.94 bits per heavy atom. The molecule has 0 saturated heterocycles. The SMILES string of the molecule is OCCOc1nc(Cl)nc2cc(Br)ccc12. The van der Waals surface area contributed by atoms with Crippen molar-refractivity contribution in [1.82, 2.24) is 9.97 Å². The summed E-state index contributed by atoms with van der Waals surface area (Å²) in [7, 11) is 0. The Hall–Kier alpha value is -0.910. The summed E-state index contributed by atoms with van der Waals surface area (Å²) in [6.45, 7) is 0.109. The minimum absolute atomic E-state index is 0.0698. The highest BCUT2D eigenvalue weighted by atomic mass is 79.9. The monoisotopic (exact) mass is 302 g/mol. The van der Waals surface area contributed by atoms with E-state index in [0.717, 1.165) is 9.86 Å². The average molecular weight is 304 g/mol. The van der Waals surface area contributed by atoms with Crippen LogP contribution in [0.4, 0.5) is 0 Å². The summed E-state index contributed by atoms with van der Waals surface area (Å²) in [6, 6.07) is 5.53. The van der Waals surface area contributed by atoms with Crippen LogP contribution in [0.25, 0.3) is 10.9 Å². The second-order valence-corrected chi connectivity index (χ2v) is 4.29. The molecule has 0 bridgehead atoms. The molecule has 2 rings (SSSR count).